The van der Waals surface area contributed by atoms with Crippen LogP contribution in [0.5, 0.6) is 46.0 Å². The zero-order valence-electron chi connectivity index (χ0n) is 63.7. The number of aliphatic hydroxyl groups excluding tert-OH is 5. The van der Waals surface area contributed by atoms with E-state index >= 15 is 28.8 Å². The summed E-state index contributed by atoms with van der Waals surface area (Å²) in [6.45, 7) is 7.20. The van der Waals surface area contributed by atoms with Gasteiger partial charge in [0, 0.05) is 30.4 Å². The highest BCUT2D eigenvalue weighted by atomic mass is 35.5. The van der Waals surface area contributed by atoms with Crippen LogP contribution < -0.4 is 83.2 Å². The van der Waals surface area contributed by atoms with Gasteiger partial charge >= 0.3 is 6.03 Å². The molecule has 0 spiro atoms. The maximum atomic E-state index is 16.5. The smallest absolute Gasteiger partial charge is 0.325 e. The first kappa shape index (κ1) is 82.3. The first-order valence-electron chi connectivity index (χ1n) is 38.3. The van der Waals surface area contributed by atoms with E-state index in [1.54, 1.807) is 26.1 Å². The molecule has 34 heteroatoms. The van der Waals surface area contributed by atoms with Crippen LogP contribution in [0, 0.1) is 43.4 Å². The van der Waals surface area contributed by atoms with Crippen LogP contribution in [0.25, 0.3) is 11.1 Å². The third-order valence-corrected chi connectivity index (χ3v) is 22.7. The number of aromatic hydroxyl groups is 2. The Morgan fingerprint density at radius 2 is 1.29 bits per heavy atom. The molecule has 5 fully saturated rings. The van der Waals surface area contributed by atoms with Crippen molar-refractivity contribution in [3.8, 4) is 57.1 Å². The molecule has 20 N–H and O–H groups in total. The van der Waals surface area contributed by atoms with Crippen molar-refractivity contribution in [1.29, 1.82) is 0 Å². The topological polar surface area (TPSA) is 500 Å². The lowest BCUT2D eigenvalue weighted by Crippen LogP contribution is -2.60. The van der Waals surface area contributed by atoms with Gasteiger partial charge in [0.25, 0.3) is 0 Å². The number of aliphatic hydroxyl groups is 5. The molecular weight excluding hydrogens is 1510 g/mol. The number of imide groups is 1. The second-order valence-electron chi connectivity index (χ2n) is 31.0. The molecule has 0 radical (unpaired) electrons. The van der Waals surface area contributed by atoms with Crippen LogP contribution in [-0.4, -0.2) is 184 Å². The van der Waals surface area contributed by atoms with Crippen molar-refractivity contribution in [3.05, 3.63) is 147 Å². The number of urea groups is 1. The van der Waals surface area contributed by atoms with Crippen LogP contribution in [0.15, 0.2) is 103 Å². The lowest BCUT2D eigenvalue weighted by atomic mass is 9.54. The Hall–Kier alpha value is -10.7. The molecule has 10 amide bonds. The van der Waals surface area contributed by atoms with Crippen LogP contribution in [0.4, 0.5) is 10.5 Å². The minimum absolute atomic E-state index is 0.0297. The van der Waals surface area contributed by atoms with E-state index < -0.39 is 180 Å². The number of carbonyl (C=O) groups excluding carboxylic acids is 9. The lowest BCUT2D eigenvalue weighted by molar-refractivity contribution is -0.270. The summed E-state index contributed by atoms with van der Waals surface area (Å²) in [5.74, 6) is -10.4. The van der Waals surface area contributed by atoms with Gasteiger partial charge < -0.3 is 118 Å². The summed E-state index contributed by atoms with van der Waals surface area (Å²) in [4.78, 5) is 138. The highest BCUT2D eigenvalue weighted by Crippen LogP contribution is 2.55. The quantitative estimate of drug-likeness (QED) is 0.0582. The van der Waals surface area contributed by atoms with E-state index in [0.29, 0.717) is 30.7 Å². The van der Waals surface area contributed by atoms with Crippen molar-refractivity contribution in [3.63, 3.8) is 0 Å². The third-order valence-electron chi connectivity index (χ3n) is 22.4. The number of phenolic OH excluding ortho intramolecular Hbond substituents is 2. The summed E-state index contributed by atoms with van der Waals surface area (Å²) in [6, 6.07) is 7.45. The van der Waals surface area contributed by atoms with Gasteiger partial charge in [-0.1, -0.05) is 43.6 Å². The minimum atomic E-state index is -2.30. The maximum absolute atomic E-state index is 16.5. The van der Waals surface area contributed by atoms with Crippen molar-refractivity contribution >= 4 is 70.6 Å². The van der Waals surface area contributed by atoms with Crippen LogP contribution in [0.1, 0.15) is 128 Å². The minimum Gasteiger partial charge on any atom is -0.508 e. The number of nitrogens with one attached hydrogen (secondary N) is 11. The number of phenols is 2. The predicted molar refractivity (Wildman–Crippen MR) is 413 cm³/mol. The molecule has 14 atom stereocenters. The van der Waals surface area contributed by atoms with Gasteiger partial charge in [-0.2, -0.15) is 0 Å². The molecule has 1 saturated heterocycles. The van der Waals surface area contributed by atoms with Crippen molar-refractivity contribution < 1.29 is 103 Å². The van der Waals surface area contributed by atoms with Gasteiger partial charge in [-0.05, 0) is 225 Å². The van der Waals surface area contributed by atoms with Gasteiger partial charge in [0.2, 0.25) is 59.3 Å². The van der Waals surface area contributed by atoms with Gasteiger partial charge in [-0.15, -0.1) is 0 Å². The van der Waals surface area contributed by atoms with E-state index in [2.05, 4.69) is 58.5 Å². The second kappa shape index (κ2) is 34.8. The number of rotatable bonds is 17. The van der Waals surface area contributed by atoms with E-state index in [1.165, 1.54) is 92.8 Å². The van der Waals surface area contributed by atoms with Gasteiger partial charge in [0.15, 0.2) is 11.5 Å². The molecule has 0 aromatic heterocycles. The van der Waals surface area contributed by atoms with Crippen LogP contribution in [0.3, 0.4) is 0 Å². The molecule has 16 rings (SSSR count). The Morgan fingerprint density at radius 3 is 1.94 bits per heavy atom. The fourth-order valence-electron chi connectivity index (χ4n) is 16.8. The molecule has 4 aliphatic carbocycles. The normalized spacial score (nSPS) is 27.9. The number of benzene rings is 6. The summed E-state index contributed by atoms with van der Waals surface area (Å²) in [6.07, 6.45) is -9.60. The van der Waals surface area contributed by atoms with E-state index in [1.807, 2.05) is 13.8 Å². The summed E-state index contributed by atoms with van der Waals surface area (Å²) >= 11 is 7.21. The zero-order valence-corrected chi connectivity index (χ0v) is 64.5. The predicted octanol–water partition coefficient (Wildman–Crippen LogP) is 3.41. The number of amides is 10. The number of halogens is 1. The molecule has 33 nitrogen and oxygen atoms in total. The van der Waals surface area contributed by atoms with Crippen LogP contribution in [-0.2, 0) is 43.1 Å². The Morgan fingerprint density at radius 1 is 0.643 bits per heavy atom. The SMILES string of the molecule is CNCCOc1ccc(NC(=O)NC(=O)C[C@@H]2NC(=O)[C@H](NC(=O)[C@@H](CC(C)C)NC)[C@H](O)c3ccc(c(C)c3)Oc3cc4cc(c3O[C@@H]3O[C@H](CN)[C@@H](O)[C@H](O)[C@H]3O)Oc3ccc(cc3Cl)[C@@H](O)[C@@H]3NC(=O)[C@H](NC(=O)[C@@H]4NC2=O)c2ccc(O)c(c2)-c2c(C)cc(O)cc2[C@@H](C(=O)NC2C4CC5CC(C4)CC2C5)NC3=O)cc1. The van der Waals surface area contributed by atoms with Gasteiger partial charge in [-0.3, -0.25) is 43.7 Å². The number of fused-ring (bicyclic) bond motifs is 15. The number of carbonyl (C=O) groups is 9. The summed E-state index contributed by atoms with van der Waals surface area (Å²) in [5, 5.41) is 112. The average Bonchev–Trinajstić information content (AvgIpc) is 0.760. The summed E-state index contributed by atoms with van der Waals surface area (Å²) in [5.41, 5.74) is 5.85. The highest BCUT2D eigenvalue weighted by Gasteiger charge is 2.51. The fourth-order valence-corrected chi connectivity index (χ4v) is 17.1. The third kappa shape index (κ3) is 17.9. The largest absolute Gasteiger partial charge is 0.508 e. The molecule has 10 aliphatic rings. The molecule has 612 valence electrons. The number of ether oxygens (including phenoxy) is 5. The van der Waals surface area contributed by atoms with Gasteiger partial charge in [0.1, 0.15) is 108 Å². The molecular formula is C81H95ClN12O21. The molecule has 15 bridgehead atoms. The fraction of sp³-hybridized carbons (Fsp3) is 0.444. The Balaban J connectivity index is 0.986. The molecule has 6 aliphatic heterocycles. The number of hydrogen-bond acceptors (Lipinski definition) is 24. The Kier molecular flexibility index (Phi) is 24.9. The molecule has 115 heavy (non-hydrogen) atoms. The number of aryl methyl sites for hydroxylation is 2. The van der Waals surface area contributed by atoms with E-state index in [-0.39, 0.29) is 103 Å². The second-order valence-corrected chi connectivity index (χ2v) is 31.4. The summed E-state index contributed by atoms with van der Waals surface area (Å²) < 4.78 is 31.6. The number of likely N-dealkylation sites (N-methyl/N-ethyl adjacent to an activating group) is 2. The number of hydrogen-bond donors (Lipinski definition) is 19. The summed E-state index contributed by atoms with van der Waals surface area (Å²) in [7, 11) is 3.25. The number of nitrogens with two attached hydrogens (primary N) is 1. The molecule has 6 aromatic carbocycles. The number of anilines is 1. The van der Waals surface area contributed by atoms with Crippen LogP contribution in [0.2, 0.25) is 5.02 Å². The standard InChI is InChI=1S/C81H95ClN12O21/c1-34(2)19-51(85-6)73(103)93-65-67(98)40-8-15-54(35(3)20-40)112-56-29-44-30-57(72(56)115-80-71(102)70(101)69(100)58(33-83)114-80)113-55-16-9-41(28-50(55)82)68(99)66-79(109)92-64(77(107)89-61-42-23-37-22-38(25-42)26-43(61)24-37)49-31-46(95)21-36(4)60(49)48-27-39(7-14-53(48)96)62(75(105)94-66)91-76(106)63(44)90-74(104)52(87-78(65)108)32-59(97)88-81(110)86-45-10-12-47(13-11-45)111-18-17-84-5/h7-16,20-21,27-31,34,37-38,42-43,51-52,58,61-71,80,84-85,95-96,98-102H,17-19,22-26,32-33,83H2,1-6H3,(H,87,108)(H,89,107)(H,90,104)(H,91,106)(H,92,109)(H,93,103)(H,94,105)(H2,86,88,97,110)/t37?,38?,42?,43?,51-,52+,58-,61?,62-,63-,64+,65-,66+,67-,68-,69-,70+,71-,80+/m1/s1. The Labute approximate surface area is 665 Å². The highest BCUT2D eigenvalue weighted by molar-refractivity contribution is 6.32. The maximum Gasteiger partial charge on any atom is 0.325 e. The first-order valence-corrected chi connectivity index (χ1v) is 38.6. The van der Waals surface area contributed by atoms with Crippen molar-refractivity contribution in [2.75, 3.05) is 39.1 Å². The lowest BCUT2D eigenvalue weighted by Gasteiger charge is -2.54. The monoisotopic (exact) mass is 1610 g/mol. The van der Waals surface area contributed by atoms with Gasteiger partial charge in [-0.25, -0.2) is 4.79 Å². The van der Waals surface area contributed by atoms with Crippen molar-refractivity contribution in [1.82, 2.24) is 53.2 Å². The van der Waals surface area contributed by atoms with E-state index in [0.717, 1.165) is 44.2 Å². The average molecular weight is 1610 g/mol. The first-order chi connectivity index (χ1) is 54.9. The van der Waals surface area contributed by atoms with Crippen LogP contribution >= 0.6 is 11.6 Å². The molecule has 0 unspecified atom stereocenters. The molecule has 6 heterocycles. The van der Waals surface area contributed by atoms with E-state index in [4.69, 9.17) is 41.0 Å². The molecule has 6 aromatic rings. The Bertz CT molecular complexity index is 4720. The van der Waals surface area contributed by atoms with Crippen molar-refractivity contribution in [2.45, 2.75) is 164 Å². The van der Waals surface area contributed by atoms with E-state index in [9.17, 15) is 50.1 Å². The molecule has 4 saturated carbocycles. The van der Waals surface area contributed by atoms with Gasteiger partial charge in [0.05, 0.1) is 17.5 Å². The van der Waals surface area contributed by atoms with Crippen molar-refractivity contribution in [2.24, 2.45) is 35.3 Å². The zero-order chi connectivity index (χ0) is 82.1.